The average Bonchev–Trinajstić information content (AvgIpc) is 3.39. The third kappa shape index (κ3) is 10.0. The second-order valence-electron chi connectivity index (χ2n) is 10.5. The van der Waals surface area contributed by atoms with Crippen molar-refractivity contribution in [3.8, 4) is 5.75 Å². The van der Waals surface area contributed by atoms with Gasteiger partial charge in [-0.3, -0.25) is 14.4 Å². The van der Waals surface area contributed by atoms with Crippen LogP contribution in [0.25, 0.3) is 0 Å². The lowest BCUT2D eigenvalue weighted by Gasteiger charge is -2.32. The monoisotopic (exact) mass is 607 g/mol. The number of nitrogens with two attached hydrogens (primary N) is 2. The number of urea groups is 1. The van der Waals surface area contributed by atoms with Crippen LogP contribution in [0.15, 0.2) is 60.7 Å². The van der Waals surface area contributed by atoms with Crippen molar-refractivity contribution in [1.29, 1.82) is 0 Å². The van der Waals surface area contributed by atoms with Crippen LogP contribution >= 0.6 is 11.6 Å². The van der Waals surface area contributed by atoms with E-state index < -0.39 is 27.7 Å². The van der Waals surface area contributed by atoms with Crippen molar-refractivity contribution >= 4 is 33.8 Å². The van der Waals surface area contributed by atoms with Gasteiger partial charge in [-0.1, -0.05) is 54.9 Å². The Balaban J connectivity index is 1.84. The highest BCUT2D eigenvalue weighted by molar-refractivity contribution is 7.84. The predicted octanol–water partition coefficient (Wildman–Crippen LogP) is 3.14. The van der Waals surface area contributed by atoms with Gasteiger partial charge in [0.1, 0.15) is 5.75 Å². The number of hydrazine groups is 1. The fourth-order valence-electron chi connectivity index (χ4n) is 4.52. The van der Waals surface area contributed by atoms with Crippen LogP contribution in [0.2, 0.25) is 5.02 Å². The van der Waals surface area contributed by atoms with E-state index in [9.17, 15) is 18.0 Å². The van der Waals surface area contributed by atoms with Crippen molar-refractivity contribution < 1.29 is 26.9 Å². The molecule has 1 saturated heterocycles. The van der Waals surface area contributed by atoms with E-state index in [0.29, 0.717) is 30.2 Å². The number of nitrogens with zero attached hydrogens (tertiary/aromatic N) is 2. The summed E-state index contributed by atoms with van der Waals surface area (Å²) < 4.78 is 33.4. The van der Waals surface area contributed by atoms with Crippen LogP contribution in [0.1, 0.15) is 37.8 Å². The van der Waals surface area contributed by atoms with Gasteiger partial charge in [-0.05, 0) is 61.6 Å². The second-order valence-corrected chi connectivity index (χ2v) is 12.1. The second kappa shape index (κ2) is 14.1. The van der Waals surface area contributed by atoms with Gasteiger partial charge in [0.05, 0.1) is 32.3 Å². The Bertz CT molecular complexity index is 1340. The quantitative estimate of drug-likeness (QED) is 0.261. The molecule has 0 spiro atoms. The first kappa shape index (κ1) is 32.4. The van der Waals surface area contributed by atoms with Gasteiger partial charge in [-0.25, -0.2) is 14.9 Å². The molecule has 224 valence electrons. The summed E-state index contributed by atoms with van der Waals surface area (Å²) in [6, 6.07) is 12.9. The number of carbonyl (C=O) groups excluding carboxylic acids is 2. The van der Waals surface area contributed by atoms with Crippen LogP contribution in [0.3, 0.4) is 0 Å². The van der Waals surface area contributed by atoms with Gasteiger partial charge >= 0.3 is 16.3 Å². The van der Waals surface area contributed by atoms with Gasteiger partial charge in [0, 0.05) is 17.0 Å². The minimum Gasteiger partial charge on any atom is -0.497 e. The smallest absolute Gasteiger partial charge is 0.339 e. The van der Waals surface area contributed by atoms with E-state index in [1.165, 1.54) is 11.9 Å². The first-order valence-electron chi connectivity index (χ1n) is 13.2. The summed E-state index contributed by atoms with van der Waals surface area (Å²) in [4.78, 5) is 27.9. The van der Waals surface area contributed by atoms with Crippen molar-refractivity contribution in [2.75, 3.05) is 20.3 Å². The Labute approximate surface area is 246 Å². The number of likely N-dealkylation sites (tertiary alicyclic amines) is 1. The molecule has 1 aliphatic heterocycles. The zero-order valence-electron chi connectivity index (χ0n) is 23.5. The van der Waals surface area contributed by atoms with Crippen molar-refractivity contribution in [3.05, 3.63) is 76.8 Å². The maximum absolute atomic E-state index is 13.8. The van der Waals surface area contributed by atoms with E-state index in [2.05, 4.69) is 5.43 Å². The van der Waals surface area contributed by atoms with Gasteiger partial charge in [0.25, 0.3) is 5.91 Å². The van der Waals surface area contributed by atoms with Crippen molar-refractivity contribution in [1.82, 2.24) is 15.3 Å². The van der Waals surface area contributed by atoms with E-state index in [4.69, 9.17) is 31.4 Å². The summed E-state index contributed by atoms with van der Waals surface area (Å²) in [5.41, 5.74) is 9.28. The first-order valence-corrected chi connectivity index (χ1v) is 15.0. The number of hydrogen-bond donors (Lipinski definition) is 3. The molecule has 41 heavy (non-hydrogen) atoms. The van der Waals surface area contributed by atoms with Crippen LogP contribution in [0.4, 0.5) is 4.79 Å². The molecule has 1 heterocycles. The minimum absolute atomic E-state index is 0.114. The van der Waals surface area contributed by atoms with Crippen LogP contribution in [-0.2, 0) is 32.2 Å². The molecule has 0 saturated carbocycles. The molecule has 13 heteroatoms. The van der Waals surface area contributed by atoms with Crippen LogP contribution in [0, 0.1) is 5.41 Å². The molecule has 2 aromatic carbocycles. The lowest BCUT2D eigenvalue weighted by atomic mass is 9.83. The Morgan fingerprint density at radius 3 is 2.56 bits per heavy atom. The van der Waals surface area contributed by atoms with Crippen molar-refractivity contribution in [3.63, 3.8) is 0 Å². The van der Waals surface area contributed by atoms with Crippen molar-refractivity contribution in [2.24, 2.45) is 16.3 Å². The largest absolute Gasteiger partial charge is 0.497 e. The molecule has 0 aromatic heterocycles. The number of hydrogen-bond acceptors (Lipinski definition) is 7. The van der Waals surface area contributed by atoms with E-state index in [-0.39, 0.29) is 25.2 Å². The lowest BCUT2D eigenvalue weighted by Crippen LogP contribution is -2.55. The highest BCUT2D eigenvalue weighted by Gasteiger charge is 2.33. The molecular formula is C28H38ClN5O6S. The number of carbonyl (C=O) groups is 2. The van der Waals surface area contributed by atoms with Crippen LogP contribution in [-0.4, -0.2) is 62.6 Å². The van der Waals surface area contributed by atoms with Gasteiger partial charge in [0.15, 0.2) is 0 Å². The van der Waals surface area contributed by atoms with Gasteiger partial charge in [-0.2, -0.15) is 8.42 Å². The Morgan fingerprint density at radius 2 is 1.95 bits per heavy atom. The molecule has 1 aliphatic rings. The highest BCUT2D eigenvalue weighted by atomic mass is 35.5. The molecule has 2 aromatic rings. The van der Waals surface area contributed by atoms with E-state index in [1.807, 2.05) is 43.3 Å². The number of halogens is 1. The number of benzene rings is 2. The number of rotatable bonds is 11. The maximum Gasteiger partial charge on any atom is 0.339 e. The topological polar surface area (TPSA) is 157 Å². The SMILES string of the molecule is COc1ccc(CN(NC(=O)[C@H](C)N)C(=O)N2CCC[C@H]2/C=C/[C@](C)(COS(N)(=O)=O)Cc2cccc(Cl)c2)cc1. The molecule has 3 atom stereocenters. The highest BCUT2D eigenvalue weighted by Crippen LogP contribution is 2.29. The summed E-state index contributed by atoms with van der Waals surface area (Å²) >= 11 is 6.16. The molecule has 3 amide bonds. The molecule has 1 fully saturated rings. The fraction of sp³-hybridized carbons (Fsp3) is 0.429. The molecule has 5 N–H and O–H groups in total. The third-order valence-electron chi connectivity index (χ3n) is 6.70. The maximum atomic E-state index is 13.8. The van der Waals surface area contributed by atoms with Gasteiger partial charge in [0.2, 0.25) is 0 Å². The number of ether oxygens (including phenoxy) is 1. The van der Waals surface area contributed by atoms with Crippen LogP contribution in [0.5, 0.6) is 5.75 Å². The average molecular weight is 608 g/mol. The first-order chi connectivity index (χ1) is 19.3. The van der Waals surface area contributed by atoms with Crippen molar-refractivity contribution in [2.45, 2.75) is 51.7 Å². The van der Waals surface area contributed by atoms with E-state index in [0.717, 1.165) is 17.5 Å². The molecule has 0 bridgehead atoms. The summed E-state index contributed by atoms with van der Waals surface area (Å²) in [7, 11) is -2.61. The standard InChI is InChI=1S/C28H38ClN5O6S/c1-20(30)26(35)32-34(18-21-9-11-25(39-3)12-10-21)27(36)33-15-5-8-24(33)13-14-28(2,19-40-41(31,37)38)17-22-6-4-7-23(29)16-22/h4,6-7,9-14,16,20,24H,5,8,15,17-19,30H2,1-3H3,(H,32,35)(H2,31,37,38)/b14-13+/t20-,24-,28-/m0/s1. The summed E-state index contributed by atoms with van der Waals surface area (Å²) in [5.74, 6) is 0.176. The molecule has 0 unspecified atom stereocenters. The Kier molecular flexibility index (Phi) is 11.2. The summed E-state index contributed by atoms with van der Waals surface area (Å²) in [5, 5.41) is 6.92. The van der Waals surface area contributed by atoms with Gasteiger partial charge < -0.3 is 15.4 Å². The van der Waals surface area contributed by atoms with E-state index >= 15 is 0 Å². The zero-order valence-corrected chi connectivity index (χ0v) is 25.0. The number of nitrogens with one attached hydrogen (secondary N) is 1. The van der Waals surface area contributed by atoms with E-state index in [1.54, 1.807) is 36.3 Å². The molecule has 3 rings (SSSR count). The number of methoxy groups -OCH3 is 1. The summed E-state index contributed by atoms with van der Waals surface area (Å²) in [6.07, 6.45) is 5.57. The third-order valence-corrected chi connectivity index (χ3v) is 7.39. The number of amides is 3. The molecular weight excluding hydrogens is 570 g/mol. The molecule has 0 radical (unpaired) electrons. The summed E-state index contributed by atoms with van der Waals surface area (Å²) in [6.45, 7) is 3.76. The zero-order chi connectivity index (χ0) is 30.2. The minimum atomic E-state index is -4.17. The normalized spacial score (nSPS) is 17.7. The predicted molar refractivity (Wildman–Crippen MR) is 157 cm³/mol. The lowest BCUT2D eigenvalue weighted by molar-refractivity contribution is -0.126. The Morgan fingerprint density at radius 1 is 1.24 bits per heavy atom. The Hall–Kier alpha value is -3.16. The molecule has 0 aliphatic carbocycles. The van der Waals surface area contributed by atoms with Crippen LogP contribution < -0.4 is 21.0 Å². The fourth-order valence-corrected chi connectivity index (χ4v) is 5.17. The van der Waals surface area contributed by atoms with Gasteiger partial charge in [-0.15, -0.1) is 0 Å². The molecule has 11 nitrogen and oxygen atoms in total.